The van der Waals surface area contributed by atoms with E-state index in [1.807, 2.05) is 11.0 Å². The molecule has 0 spiro atoms. The minimum atomic E-state index is -0.953. The molecule has 1 amide bonds. The lowest BCUT2D eigenvalue weighted by molar-refractivity contribution is -0.139. The van der Waals surface area contributed by atoms with E-state index < -0.39 is 17.9 Å². The van der Waals surface area contributed by atoms with E-state index in [2.05, 4.69) is 6.07 Å². The molecule has 1 fully saturated rings. The fourth-order valence-corrected chi connectivity index (χ4v) is 6.00. The van der Waals surface area contributed by atoms with Gasteiger partial charge in [0.2, 0.25) is 0 Å². The summed E-state index contributed by atoms with van der Waals surface area (Å²) in [7, 11) is 2.43. The van der Waals surface area contributed by atoms with Gasteiger partial charge in [0, 0.05) is 23.7 Å². The van der Waals surface area contributed by atoms with Gasteiger partial charge in [-0.2, -0.15) is 5.26 Å². The van der Waals surface area contributed by atoms with E-state index in [9.17, 15) is 19.6 Å². The molecule has 9 heteroatoms. The van der Waals surface area contributed by atoms with Gasteiger partial charge in [-0.1, -0.05) is 55.7 Å². The summed E-state index contributed by atoms with van der Waals surface area (Å²) < 4.78 is 10.3. The summed E-state index contributed by atoms with van der Waals surface area (Å²) in [4.78, 5) is 43.5. The second-order valence-corrected chi connectivity index (χ2v) is 9.86. The van der Waals surface area contributed by atoms with Gasteiger partial charge in [0.1, 0.15) is 11.5 Å². The van der Waals surface area contributed by atoms with Crippen molar-refractivity contribution in [1.29, 1.82) is 5.26 Å². The molecule has 9 nitrogen and oxygen atoms in total. The van der Waals surface area contributed by atoms with Crippen molar-refractivity contribution < 1.29 is 23.9 Å². The summed E-state index contributed by atoms with van der Waals surface area (Å²) in [5.41, 5.74) is 8.78. The first kappa shape index (κ1) is 26.0. The summed E-state index contributed by atoms with van der Waals surface area (Å²) in [6, 6.07) is 16.4. The Balaban J connectivity index is 1.73. The molecule has 1 saturated carbocycles. The second-order valence-electron chi connectivity index (χ2n) is 9.86. The maximum absolute atomic E-state index is 13.5. The molecule has 39 heavy (non-hydrogen) atoms. The summed E-state index contributed by atoms with van der Waals surface area (Å²) in [6.07, 6.45) is 5.19. The largest absolute Gasteiger partial charge is 0.466 e. The van der Waals surface area contributed by atoms with Crippen LogP contribution in [0.15, 0.2) is 71.2 Å². The van der Waals surface area contributed by atoms with Crippen LogP contribution in [0.1, 0.15) is 59.5 Å². The van der Waals surface area contributed by atoms with Crippen molar-refractivity contribution in [3.8, 4) is 6.07 Å². The third-order valence-corrected chi connectivity index (χ3v) is 7.84. The topological polar surface area (TPSA) is 126 Å². The molecule has 2 heterocycles. The van der Waals surface area contributed by atoms with Gasteiger partial charge in [-0.15, -0.1) is 0 Å². The number of methoxy groups -OCH3 is 2. The second kappa shape index (κ2) is 10.7. The fourth-order valence-electron chi connectivity index (χ4n) is 6.00. The number of nitrogens with two attached hydrogens (primary N) is 1. The zero-order chi connectivity index (χ0) is 27.7. The number of esters is 2. The van der Waals surface area contributed by atoms with Crippen LogP contribution in [-0.2, 0) is 25.6 Å². The highest BCUT2D eigenvalue weighted by Gasteiger charge is 2.45. The number of carbonyl (C=O) groups excluding carboxylic acids is 3. The monoisotopic (exact) mass is 526 g/mol. The molecule has 2 N–H and O–H groups in total. The van der Waals surface area contributed by atoms with Gasteiger partial charge in [0.15, 0.2) is 0 Å². The maximum atomic E-state index is 13.5. The molecule has 0 aromatic heterocycles. The van der Waals surface area contributed by atoms with Crippen molar-refractivity contribution in [3.63, 3.8) is 0 Å². The first-order valence-electron chi connectivity index (χ1n) is 13.0. The maximum Gasteiger partial charge on any atom is 0.355 e. The van der Waals surface area contributed by atoms with Crippen LogP contribution in [0.5, 0.6) is 0 Å². The quantitative estimate of drug-likeness (QED) is 0.582. The molecule has 2 aliphatic heterocycles. The van der Waals surface area contributed by atoms with Crippen LogP contribution in [0, 0.1) is 11.3 Å². The van der Waals surface area contributed by atoms with Crippen LogP contribution < -0.4 is 10.6 Å². The number of hydrogen-bond donors (Lipinski definition) is 1. The van der Waals surface area contributed by atoms with Crippen LogP contribution in [0.3, 0.4) is 0 Å². The molecule has 0 radical (unpaired) electrons. The molecular weight excluding hydrogens is 496 g/mol. The third kappa shape index (κ3) is 4.32. The van der Waals surface area contributed by atoms with Gasteiger partial charge in [-0.25, -0.2) is 9.59 Å². The first-order valence-corrected chi connectivity index (χ1v) is 13.0. The Morgan fingerprint density at radius 3 is 2.31 bits per heavy atom. The molecule has 0 bridgehead atoms. The third-order valence-electron chi connectivity index (χ3n) is 7.84. The zero-order valence-corrected chi connectivity index (χ0v) is 22.0. The highest BCUT2D eigenvalue weighted by atomic mass is 16.5. The number of amides is 1. The molecule has 2 aromatic carbocycles. The van der Waals surface area contributed by atoms with Crippen LogP contribution in [-0.4, -0.2) is 43.0 Å². The number of rotatable bonds is 5. The Bertz CT molecular complexity index is 1430. The molecule has 3 aliphatic rings. The van der Waals surface area contributed by atoms with Gasteiger partial charge in [0.25, 0.3) is 5.91 Å². The number of fused-ring (bicyclic) bond motifs is 1. The van der Waals surface area contributed by atoms with Crippen LogP contribution in [0.4, 0.5) is 5.69 Å². The van der Waals surface area contributed by atoms with E-state index in [4.69, 9.17) is 15.2 Å². The Morgan fingerprint density at radius 2 is 1.67 bits per heavy atom. The van der Waals surface area contributed by atoms with Gasteiger partial charge in [-0.05, 0) is 30.5 Å². The van der Waals surface area contributed by atoms with E-state index in [1.165, 1.54) is 19.1 Å². The summed E-state index contributed by atoms with van der Waals surface area (Å²) in [6.45, 7) is 0.338. The summed E-state index contributed by atoms with van der Waals surface area (Å²) in [5.74, 6) is -2.65. The normalized spacial score (nSPS) is 19.6. The standard InChI is InChI=1S/C30H30N4O5/c1-38-29(36)25-24(18-10-5-3-6-11-18)21(16-31)27(32)34(26(25)30(37)39-2)23-15-9-14-20-22(23)17-33(28(20)35)19-12-7-4-8-13-19/h3,5-6,9-11,14-15,19,24H,4,7-8,12-13,17,32H2,1-2H3. The zero-order valence-electron chi connectivity index (χ0n) is 22.0. The van der Waals surface area contributed by atoms with Gasteiger partial charge < -0.3 is 20.1 Å². The smallest absolute Gasteiger partial charge is 0.355 e. The van der Waals surface area contributed by atoms with Crippen LogP contribution in [0.2, 0.25) is 0 Å². The molecule has 1 aliphatic carbocycles. The lowest BCUT2D eigenvalue weighted by Gasteiger charge is -2.36. The van der Waals surface area contributed by atoms with Crippen molar-refractivity contribution >= 4 is 23.5 Å². The minimum absolute atomic E-state index is 0.0172. The van der Waals surface area contributed by atoms with Crippen molar-refractivity contribution in [2.24, 2.45) is 5.73 Å². The Hall–Kier alpha value is -4.58. The molecule has 2 aromatic rings. The van der Waals surface area contributed by atoms with Crippen LogP contribution >= 0.6 is 0 Å². The summed E-state index contributed by atoms with van der Waals surface area (Å²) in [5, 5.41) is 10.3. The molecule has 1 unspecified atom stereocenters. The van der Waals surface area contributed by atoms with Crippen LogP contribution in [0.25, 0.3) is 0 Å². The highest BCUT2D eigenvalue weighted by molar-refractivity contribution is 6.07. The predicted octanol–water partition coefficient (Wildman–Crippen LogP) is 3.87. The Morgan fingerprint density at radius 1 is 0.974 bits per heavy atom. The number of carbonyl (C=O) groups is 3. The number of nitrogens with zero attached hydrogens (tertiary/aromatic N) is 3. The van der Waals surface area contributed by atoms with E-state index >= 15 is 0 Å². The lowest BCUT2D eigenvalue weighted by atomic mass is 9.80. The van der Waals surface area contributed by atoms with Gasteiger partial charge >= 0.3 is 11.9 Å². The number of allylic oxidation sites excluding steroid dienone is 1. The number of ether oxygens (including phenoxy) is 2. The predicted molar refractivity (Wildman–Crippen MR) is 143 cm³/mol. The molecule has 200 valence electrons. The average molecular weight is 527 g/mol. The van der Waals surface area contributed by atoms with Crippen molar-refractivity contribution in [3.05, 3.63) is 87.9 Å². The van der Waals surface area contributed by atoms with Gasteiger partial charge in [0.05, 0.1) is 43.0 Å². The Labute approximate surface area is 227 Å². The van der Waals surface area contributed by atoms with E-state index in [-0.39, 0.29) is 34.6 Å². The molecule has 1 atom stereocenters. The van der Waals surface area contributed by atoms with E-state index in [0.29, 0.717) is 28.9 Å². The number of anilines is 1. The Kier molecular flexibility index (Phi) is 7.11. The first-order chi connectivity index (χ1) is 18.9. The van der Waals surface area contributed by atoms with Crippen molar-refractivity contribution in [2.75, 3.05) is 19.1 Å². The SMILES string of the molecule is COC(=O)C1=C(C(=O)OC)N(c2cccc3c2CN(C2CCCCC2)C3=O)C(N)=C(C#N)C1c1ccccc1. The molecule has 5 rings (SSSR count). The number of nitriles is 1. The lowest BCUT2D eigenvalue weighted by Crippen LogP contribution is -2.41. The van der Waals surface area contributed by atoms with Crippen molar-refractivity contribution in [2.45, 2.75) is 50.6 Å². The number of benzene rings is 2. The molecule has 0 saturated heterocycles. The van der Waals surface area contributed by atoms with Crippen molar-refractivity contribution in [1.82, 2.24) is 4.90 Å². The highest BCUT2D eigenvalue weighted by Crippen LogP contribution is 2.45. The van der Waals surface area contributed by atoms with Gasteiger partial charge in [-0.3, -0.25) is 9.69 Å². The molecular formula is C30H30N4O5. The number of hydrogen-bond acceptors (Lipinski definition) is 8. The average Bonchev–Trinajstić information content (AvgIpc) is 3.33. The minimum Gasteiger partial charge on any atom is -0.466 e. The summed E-state index contributed by atoms with van der Waals surface area (Å²) >= 11 is 0. The fraction of sp³-hybridized carbons (Fsp3) is 0.333. The van der Waals surface area contributed by atoms with E-state index in [0.717, 1.165) is 32.1 Å². The van der Waals surface area contributed by atoms with E-state index in [1.54, 1.807) is 42.5 Å².